The lowest BCUT2D eigenvalue weighted by Crippen LogP contribution is -2.40. The first-order valence-electron chi connectivity index (χ1n) is 6.32. The molecule has 0 radical (unpaired) electrons. The smallest absolute Gasteiger partial charge is 0.271 e. The van der Waals surface area contributed by atoms with Crippen LogP contribution in [0.15, 0.2) is 0 Å². The maximum Gasteiger partial charge on any atom is 0.271 e. The Morgan fingerprint density at radius 3 is 2.50 bits per heavy atom. The highest BCUT2D eigenvalue weighted by molar-refractivity contribution is 6.03. The predicted octanol–water partition coefficient (Wildman–Crippen LogP) is -2.60. The van der Waals surface area contributed by atoms with Gasteiger partial charge >= 0.3 is 0 Å². The Balaban J connectivity index is 2.34. The van der Waals surface area contributed by atoms with Crippen LogP contribution in [-0.2, 0) is 14.2 Å². The second-order valence-corrected chi connectivity index (χ2v) is 4.66. The molecule has 0 bridgehead atoms. The normalized spacial score (nSPS) is 24.8. The first kappa shape index (κ1) is 16.3. The van der Waals surface area contributed by atoms with Gasteiger partial charge in [0.05, 0.1) is 6.61 Å². The average Bonchev–Trinajstić information content (AvgIpc) is 3.05. The van der Waals surface area contributed by atoms with E-state index in [1.165, 1.54) is 14.2 Å². The topological polar surface area (TPSA) is 165 Å². The summed E-state index contributed by atoms with van der Waals surface area (Å²) in [5.41, 5.74) is 9.71. The maximum atomic E-state index is 11.5. The van der Waals surface area contributed by atoms with Crippen LogP contribution in [0.5, 0.6) is 0 Å². The van der Waals surface area contributed by atoms with Crippen LogP contribution in [0.1, 0.15) is 27.0 Å². The van der Waals surface area contributed by atoms with Crippen molar-refractivity contribution >= 4 is 11.8 Å². The molecule has 0 aromatic carbocycles. The number of hydrogen-bond acceptors (Lipinski definition) is 8. The van der Waals surface area contributed by atoms with E-state index >= 15 is 0 Å². The predicted molar refractivity (Wildman–Crippen MR) is 69.6 cm³/mol. The monoisotopic (exact) mass is 315 g/mol. The van der Waals surface area contributed by atoms with Crippen molar-refractivity contribution < 1.29 is 28.9 Å². The highest BCUT2D eigenvalue weighted by atomic mass is 16.7. The van der Waals surface area contributed by atoms with Gasteiger partial charge < -0.3 is 30.8 Å². The fraction of sp³-hybridized carbons (Fsp3) is 0.636. The number of rotatable bonds is 6. The van der Waals surface area contributed by atoms with Crippen LogP contribution in [-0.4, -0.2) is 71.2 Å². The first-order valence-corrected chi connectivity index (χ1v) is 6.32. The lowest BCUT2D eigenvalue weighted by Gasteiger charge is -2.23. The van der Waals surface area contributed by atoms with Crippen LogP contribution in [0.2, 0.25) is 0 Å². The quantitative estimate of drug-likeness (QED) is 0.480. The van der Waals surface area contributed by atoms with Crippen molar-refractivity contribution in [3.8, 4) is 0 Å². The molecule has 0 saturated carbocycles. The van der Waals surface area contributed by atoms with E-state index in [-0.39, 0.29) is 18.0 Å². The first-order chi connectivity index (χ1) is 10.4. The molecule has 1 fully saturated rings. The number of amides is 2. The second kappa shape index (κ2) is 6.36. The Bertz CT molecular complexity index is 571. The highest BCUT2D eigenvalue weighted by Crippen LogP contribution is 2.29. The summed E-state index contributed by atoms with van der Waals surface area (Å²) in [7, 11) is 2.79. The van der Waals surface area contributed by atoms with E-state index in [1.807, 2.05) is 0 Å². The van der Waals surface area contributed by atoms with Crippen LogP contribution in [0.25, 0.3) is 0 Å². The molecular formula is C11H17N5O6. The molecule has 1 aliphatic rings. The summed E-state index contributed by atoms with van der Waals surface area (Å²) in [6.07, 6.45) is -2.73. The molecule has 1 aromatic heterocycles. The van der Waals surface area contributed by atoms with Crippen LogP contribution in [0.3, 0.4) is 0 Å². The zero-order valence-corrected chi connectivity index (χ0v) is 12.0. The number of primary amides is 2. The van der Waals surface area contributed by atoms with E-state index < -0.39 is 36.4 Å². The summed E-state index contributed by atoms with van der Waals surface area (Å²) in [6.45, 7) is -0.00308. The summed E-state index contributed by atoms with van der Waals surface area (Å²) in [5.74, 6) is -1.89. The lowest BCUT2D eigenvalue weighted by atomic mass is 10.1. The van der Waals surface area contributed by atoms with Crippen molar-refractivity contribution in [2.75, 3.05) is 20.8 Å². The molecule has 2 amide bonds. The molecule has 2 rings (SSSR count). The Kier molecular flexibility index (Phi) is 4.71. The molecule has 22 heavy (non-hydrogen) atoms. The van der Waals surface area contributed by atoms with Crippen molar-refractivity contribution in [1.29, 1.82) is 0 Å². The number of methoxy groups -OCH3 is 2. The van der Waals surface area contributed by atoms with Crippen LogP contribution in [0.4, 0.5) is 0 Å². The summed E-state index contributed by atoms with van der Waals surface area (Å²) in [6, 6.07) is -0.791. The van der Waals surface area contributed by atoms with Crippen molar-refractivity contribution in [2.24, 2.45) is 11.5 Å². The molecule has 0 aliphatic carbocycles. The fourth-order valence-corrected chi connectivity index (χ4v) is 2.37. The third-order valence-corrected chi connectivity index (χ3v) is 3.40. The van der Waals surface area contributed by atoms with E-state index in [4.69, 9.17) is 25.7 Å². The zero-order chi connectivity index (χ0) is 16.4. The third-order valence-electron chi connectivity index (χ3n) is 3.40. The van der Waals surface area contributed by atoms with Gasteiger partial charge in [0.2, 0.25) is 0 Å². The molecule has 2 heterocycles. The van der Waals surface area contributed by atoms with Crippen LogP contribution in [0, 0.1) is 0 Å². The van der Waals surface area contributed by atoms with Gasteiger partial charge in [-0.3, -0.25) is 9.59 Å². The fourth-order valence-electron chi connectivity index (χ4n) is 2.37. The van der Waals surface area contributed by atoms with Crippen molar-refractivity contribution in [3.05, 3.63) is 11.4 Å². The molecule has 0 unspecified atom stereocenters. The van der Waals surface area contributed by atoms with E-state index in [2.05, 4.69) is 10.3 Å². The van der Waals surface area contributed by atoms with Crippen molar-refractivity contribution in [3.63, 3.8) is 0 Å². The molecule has 5 N–H and O–H groups in total. The molecule has 1 saturated heterocycles. The number of aromatic nitrogens is 3. The number of nitrogens with zero attached hydrogens (tertiary/aromatic N) is 3. The van der Waals surface area contributed by atoms with E-state index in [0.29, 0.717) is 0 Å². The average molecular weight is 315 g/mol. The minimum atomic E-state index is -1.12. The van der Waals surface area contributed by atoms with Gasteiger partial charge in [0, 0.05) is 14.2 Å². The van der Waals surface area contributed by atoms with E-state index in [0.717, 1.165) is 4.68 Å². The van der Waals surface area contributed by atoms with Gasteiger partial charge in [0.25, 0.3) is 11.8 Å². The number of carbonyl (C=O) groups is 2. The molecule has 1 aliphatic heterocycles. The number of aliphatic hydroxyl groups is 1. The Hall–Kier alpha value is -2.08. The maximum absolute atomic E-state index is 11.5. The van der Waals surface area contributed by atoms with Gasteiger partial charge in [-0.15, -0.1) is 5.10 Å². The summed E-state index contributed by atoms with van der Waals surface area (Å²) < 4.78 is 16.5. The van der Waals surface area contributed by atoms with E-state index in [1.54, 1.807) is 0 Å². The van der Waals surface area contributed by atoms with Crippen molar-refractivity contribution in [1.82, 2.24) is 15.0 Å². The summed E-state index contributed by atoms with van der Waals surface area (Å²) >= 11 is 0. The molecule has 3 atom stereocenters. The van der Waals surface area contributed by atoms with Gasteiger partial charge in [-0.25, -0.2) is 4.68 Å². The second-order valence-electron chi connectivity index (χ2n) is 4.66. The number of hydrogen-bond donors (Lipinski definition) is 3. The van der Waals surface area contributed by atoms with Gasteiger partial charge in [0.15, 0.2) is 17.7 Å². The van der Waals surface area contributed by atoms with Gasteiger partial charge in [-0.1, -0.05) is 5.21 Å². The van der Waals surface area contributed by atoms with Gasteiger partial charge in [-0.2, -0.15) is 0 Å². The number of nitrogens with two attached hydrogens (primary N) is 2. The highest BCUT2D eigenvalue weighted by Gasteiger charge is 2.44. The Morgan fingerprint density at radius 2 is 2.00 bits per heavy atom. The number of aliphatic hydroxyl groups excluding tert-OH is 1. The molecule has 11 nitrogen and oxygen atoms in total. The number of carbonyl (C=O) groups excluding carboxylic acids is 2. The van der Waals surface area contributed by atoms with E-state index in [9.17, 15) is 14.7 Å². The minimum absolute atomic E-state index is 0.00308. The third kappa shape index (κ3) is 2.66. The molecule has 11 heteroatoms. The molecular weight excluding hydrogens is 298 g/mol. The Labute approximate surface area is 125 Å². The molecule has 122 valence electrons. The standard InChI is InChI=1S/C11H17N5O6/c1-20-11(21-2)8-7(17)4(3-22-8)16-6(10(13)19)5(9(12)18)14-15-16/h4,7-8,11,17H,3H2,1-2H3,(H2,12,18)(H2,13,19)/t4-,7+,8+/m0/s1. The molecule has 1 aromatic rings. The summed E-state index contributed by atoms with van der Waals surface area (Å²) in [5, 5.41) is 17.6. The zero-order valence-electron chi connectivity index (χ0n) is 12.0. The lowest BCUT2D eigenvalue weighted by molar-refractivity contribution is -0.185. The van der Waals surface area contributed by atoms with Gasteiger partial charge in [-0.05, 0) is 0 Å². The Morgan fingerprint density at radius 1 is 1.36 bits per heavy atom. The van der Waals surface area contributed by atoms with Crippen LogP contribution >= 0.6 is 0 Å². The van der Waals surface area contributed by atoms with Crippen LogP contribution < -0.4 is 11.5 Å². The van der Waals surface area contributed by atoms with Gasteiger partial charge in [0.1, 0.15) is 18.2 Å². The number of ether oxygens (including phenoxy) is 3. The SMILES string of the molecule is COC(OC)[C@@H]1OC[C@H](n2nnc(C(N)=O)c2C(N)=O)[C@H]1O. The minimum Gasteiger partial charge on any atom is -0.388 e. The molecule has 0 spiro atoms. The van der Waals surface area contributed by atoms with Crippen molar-refractivity contribution in [2.45, 2.75) is 24.5 Å². The largest absolute Gasteiger partial charge is 0.388 e. The summed E-state index contributed by atoms with van der Waals surface area (Å²) in [4.78, 5) is 22.8.